The number of quaternary nitrogens is 1. The maximum atomic E-state index is 12.5. The molecule has 2 aliphatic heterocycles. The number of aromatic hydroxyl groups is 1. The van der Waals surface area contributed by atoms with Crippen molar-refractivity contribution in [2.75, 3.05) is 60.9 Å². The molecule has 2 heterocycles. The van der Waals surface area contributed by atoms with Gasteiger partial charge in [-0.1, -0.05) is 12.1 Å². The maximum Gasteiger partial charge on any atom is 0.279 e. The summed E-state index contributed by atoms with van der Waals surface area (Å²) in [5.41, 5.74) is 2.99. The molecule has 0 atom stereocenters. The van der Waals surface area contributed by atoms with Gasteiger partial charge in [-0.3, -0.25) is 4.79 Å². The van der Waals surface area contributed by atoms with Crippen LogP contribution in [0.5, 0.6) is 5.75 Å². The smallest absolute Gasteiger partial charge is 0.279 e. The van der Waals surface area contributed by atoms with Gasteiger partial charge in [-0.05, 0) is 55.7 Å². The van der Waals surface area contributed by atoms with E-state index in [9.17, 15) is 9.90 Å². The van der Waals surface area contributed by atoms with Gasteiger partial charge < -0.3 is 25.1 Å². The Hall–Kier alpha value is -2.73. The number of phenolic OH excluding ortho intramolecular Hbond substituents is 1. The van der Waals surface area contributed by atoms with Crippen LogP contribution in [-0.2, 0) is 4.79 Å². The molecule has 154 valence electrons. The molecule has 0 saturated carbocycles. The van der Waals surface area contributed by atoms with Crippen molar-refractivity contribution in [1.29, 1.82) is 0 Å². The molecular weight excluding hydrogens is 364 g/mol. The highest BCUT2D eigenvalue weighted by Gasteiger charge is 2.23. The van der Waals surface area contributed by atoms with Crippen LogP contribution < -0.4 is 20.0 Å². The number of piperazine rings is 1. The third-order valence-electron chi connectivity index (χ3n) is 5.98. The van der Waals surface area contributed by atoms with Gasteiger partial charge in [0.05, 0.1) is 31.9 Å². The van der Waals surface area contributed by atoms with Crippen molar-refractivity contribution in [1.82, 2.24) is 0 Å². The number of carbonyl (C=O) groups excluding carboxylic acids is 1. The van der Waals surface area contributed by atoms with Crippen molar-refractivity contribution in [3.8, 4) is 5.75 Å². The Morgan fingerprint density at radius 2 is 1.59 bits per heavy atom. The molecule has 4 rings (SSSR count). The predicted octanol–water partition coefficient (Wildman–Crippen LogP) is 1.73. The quantitative estimate of drug-likeness (QED) is 0.722. The zero-order valence-corrected chi connectivity index (χ0v) is 16.9. The lowest BCUT2D eigenvalue weighted by Gasteiger charge is -2.33. The highest BCUT2D eigenvalue weighted by Crippen LogP contribution is 2.26. The standard InChI is InChI=1S/C23H30N4O2/c28-22-7-3-2-6-21(22)27-16-14-25(15-17-27)18-23(29)24-19-8-10-20(11-9-19)26-12-4-1-5-13-26/h2-3,6-11,28H,1,4-5,12-18H2,(H,24,29)/p+1. The number of piperidine rings is 1. The number of nitrogens with one attached hydrogen (secondary N) is 2. The van der Waals surface area contributed by atoms with Crippen LogP contribution in [0.3, 0.4) is 0 Å². The molecule has 0 unspecified atom stereocenters. The lowest BCUT2D eigenvalue weighted by molar-refractivity contribution is -0.892. The number of rotatable bonds is 5. The minimum atomic E-state index is 0.0572. The Morgan fingerprint density at radius 1 is 0.897 bits per heavy atom. The molecule has 6 heteroatoms. The Bertz CT molecular complexity index is 810. The number of benzene rings is 2. The first-order valence-corrected chi connectivity index (χ1v) is 10.7. The molecule has 2 aromatic carbocycles. The molecular formula is C23H31N4O2+. The largest absolute Gasteiger partial charge is 0.506 e. The minimum Gasteiger partial charge on any atom is -0.506 e. The molecule has 0 aromatic heterocycles. The van der Waals surface area contributed by atoms with E-state index in [0.29, 0.717) is 12.3 Å². The second-order valence-corrected chi connectivity index (χ2v) is 8.05. The van der Waals surface area contributed by atoms with Crippen molar-refractivity contribution in [2.45, 2.75) is 19.3 Å². The summed E-state index contributed by atoms with van der Waals surface area (Å²) in [6, 6.07) is 15.7. The summed E-state index contributed by atoms with van der Waals surface area (Å²) in [6.45, 7) is 6.17. The molecule has 2 saturated heterocycles. The van der Waals surface area contributed by atoms with E-state index in [-0.39, 0.29) is 5.91 Å². The van der Waals surface area contributed by atoms with Crippen molar-refractivity contribution in [2.24, 2.45) is 0 Å². The van der Waals surface area contributed by atoms with E-state index < -0.39 is 0 Å². The van der Waals surface area contributed by atoms with Crippen molar-refractivity contribution in [3.05, 3.63) is 48.5 Å². The monoisotopic (exact) mass is 395 g/mol. The molecule has 29 heavy (non-hydrogen) atoms. The van der Waals surface area contributed by atoms with E-state index >= 15 is 0 Å². The molecule has 3 N–H and O–H groups in total. The maximum absolute atomic E-state index is 12.5. The van der Waals surface area contributed by atoms with Crippen LogP contribution in [0.15, 0.2) is 48.5 Å². The van der Waals surface area contributed by atoms with Gasteiger partial charge in [0.1, 0.15) is 5.75 Å². The molecule has 6 nitrogen and oxygen atoms in total. The molecule has 0 spiro atoms. The van der Waals surface area contributed by atoms with Gasteiger partial charge in [0.15, 0.2) is 6.54 Å². The van der Waals surface area contributed by atoms with Crippen LogP contribution >= 0.6 is 0 Å². The number of phenols is 1. The van der Waals surface area contributed by atoms with Crippen LogP contribution in [0.1, 0.15) is 19.3 Å². The molecule has 0 aliphatic carbocycles. The predicted molar refractivity (Wildman–Crippen MR) is 117 cm³/mol. The van der Waals surface area contributed by atoms with Crippen LogP contribution in [0.4, 0.5) is 17.1 Å². The number of hydrogen-bond donors (Lipinski definition) is 3. The summed E-state index contributed by atoms with van der Waals surface area (Å²) in [6.07, 6.45) is 3.85. The Labute approximate surface area is 172 Å². The summed E-state index contributed by atoms with van der Waals surface area (Å²) >= 11 is 0. The van der Waals surface area contributed by atoms with E-state index in [1.807, 2.05) is 30.3 Å². The number of anilines is 3. The van der Waals surface area contributed by atoms with Crippen molar-refractivity contribution >= 4 is 23.0 Å². The van der Waals surface area contributed by atoms with Gasteiger partial charge in [0.2, 0.25) is 0 Å². The zero-order valence-electron chi connectivity index (χ0n) is 16.9. The molecule has 2 fully saturated rings. The number of carbonyl (C=O) groups is 1. The summed E-state index contributed by atoms with van der Waals surface area (Å²) in [5.74, 6) is 0.378. The van der Waals surface area contributed by atoms with Gasteiger partial charge in [-0.2, -0.15) is 0 Å². The molecule has 1 amide bonds. The normalized spacial score (nSPS) is 17.9. The van der Waals surface area contributed by atoms with E-state index in [0.717, 1.165) is 50.6 Å². The van der Waals surface area contributed by atoms with E-state index in [1.54, 1.807) is 6.07 Å². The number of para-hydroxylation sites is 2. The second-order valence-electron chi connectivity index (χ2n) is 8.05. The van der Waals surface area contributed by atoms with E-state index in [4.69, 9.17) is 0 Å². The summed E-state index contributed by atoms with van der Waals surface area (Å²) in [7, 11) is 0. The fraction of sp³-hybridized carbons (Fsp3) is 0.435. The van der Waals surface area contributed by atoms with E-state index in [2.05, 4.69) is 27.2 Å². The molecule has 0 bridgehead atoms. The van der Waals surface area contributed by atoms with Crippen LogP contribution in [0, 0.1) is 0 Å². The second kappa shape index (κ2) is 9.18. The average Bonchev–Trinajstić information content (AvgIpc) is 2.76. The number of nitrogens with zero attached hydrogens (tertiary/aromatic N) is 2. The minimum absolute atomic E-state index is 0.0572. The third-order valence-corrected chi connectivity index (χ3v) is 5.98. The first kappa shape index (κ1) is 19.6. The first-order valence-electron chi connectivity index (χ1n) is 10.7. The SMILES string of the molecule is O=C(C[NH+]1CCN(c2ccccc2O)CC1)Nc1ccc(N2CCCCC2)cc1. The Kier molecular flexibility index (Phi) is 6.20. The fourth-order valence-electron chi connectivity index (χ4n) is 4.31. The fourth-order valence-corrected chi connectivity index (χ4v) is 4.31. The lowest BCUT2D eigenvalue weighted by Crippen LogP contribution is -3.15. The van der Waals surface area contributed by atoms with E-state index in [1.165, 1.54) is 29.8 Å². The summed E-state index contributed by atoms with van der Waals surface area (Å²) in [5, 5.41) is 13.1. The average molecular weight is 396 g/mol. The van der Waals surface area contributed by atoms with Crippen LogP contribution in [-0.4, -0.2) is 56.8 Å². The topological polar surface area (TPSA) is 60.3 Å². The van der Waals surface area contributed by atoms with Crippen molar-refractivity contribution < 1.29 is 14.8 Å². The third kappa shape index (κ3) is 5.01. The molecule has 2 aliphatic rings. The van der Waals surface area contributed by atoms with Gasteiger partial charge in [-0.15, -0.1) is 0 Å². The van der Waals surface area contributed by atoms with Gasteiger partial charge in [0, 0.05) is 24.5 Å². The number of amides is 1. The van der Waals surface area contributed by atoms with Gasteiger partial charge in [0.25, 0.3) is 5.91 Å². The van der Waals surface area contributed by atoms with Gasteiger partial charge in [-0.25, -0.2) is 0 Å². The Morgan fingerprint density at radius 3 is 2.28 bits per heavy atom. The highest BCUT2D eigenvalue weighted by atomic mass is 16.3. The summed E-state index contributed by atoms with van der Waals surface area (Å²) < 4.78 is 0. The van der Waals surface area contributed by atoms with Crippen LogP contribution in [0.2, 0.25) is 0 Å². The van der Waals surface area contributed by atoms with Crippen LogP contribution in [0.25, 0.3) is 0 Å². The lowest BCUT2D eigenvalue weighted by atomic mass is 10.1. The van der Waals surface area contributed by atoms with Crippen molar-refractivity contribution in [3.63, 3.8) is 0 Å². The molecule has 2 aromatic rings. The van der Waals surface area contributed by atoms with Gasteiger partial charge >= 0.3 is 0 Å². The first-order chi connectivity index (χ1) is 14.2. The highest BCUT2D eigenvalue weighted by molar-refractivity contribution is 5.91. The zero-order chi connectivity index (χ0) is 20.1. The Balaban J connectivity index is 1.24. The number of hydrogen-bond acceptors (Lipinski definition) is 4. The summed E-state index contributed by atoms with van der Waals surface area (Å²) in [4.78, 5) is 18.4. The molecule has 0 radical (unpaired) electrons.